The van der Waals surface area contributed by atoms with Gasteiger partial charge in [-0.15, -0.1) is 0 Å². The van der Waals surface area contributed by atoms with Crippen molar-refractivity contribution in [1.82, 2.24) is 0 Å². The number of rotatable bonds is 3. The highest BCUT2D eigenvalue weighted by Gasteiger charge is 2.30. The highest BCUT2D eigenvalue weighted by Crippen LogP contribution is 2.42. The monoisotopic (exact) mass is 259 g/mol. The first-order valence-corrected chi connectivity index (χ1v) is 7.74. The molecule has 0 heterocycles. The van der Waals surface area contributed by atoms with Crippen molar-refractivity contribution in [3.63, 3.8) is 0 Å². The second kappa shape index (κ2) is 5.66. The molecule has 0 amide bonds. The van der Waals surface area contributed by atoms with E-state index < -0.39 is 0 Å². The fraction of sp³-hybridized carbons (Fsp3) is 0.667. The summed E-state index contributed by atoms with van der Waals surface area (Å²) in [6, 6.07) is 9.18. The van der Waals surface area contributed by atoms with E-state index in [0.717, 1.165) is 0 Å². The molecular formula is C18H29N. The molecule has 19 heavy (non-hydrogen) atoms. The predicted molar refractivity (Wildman–Crippen MR) is 83.2 cm³/mol. The van der Waals surface area contributed by atoms with E-state index in [9.17, 15) is 0 Å². The Bertz CT molecular complexity index is 392. The van der Waals surface area contributed by atoms with Crippen molar-refractivity contribution < 1.29 is 0 Å². The Morgan fingerprint density at radius 1 is 1.00 bits per heavy atom. The predicted octanol–water partition coefficient (Wildman–Crippen LogP) is 5.03. The number of nitrogens with two attached hydrogens (primary N) is 1. The minimum atomic E-state index is 0.220. The summed E-state index contributed by atoms with van der Waals surface area (Å²) in [5.41, 5.74) is 9.73. The van der Waals surface area contributed by atoms with Crippen LogP contribution in [0.1, 0.15) is 76.5 Å². The number of hydrogen-bond donors (Lipinski definition) is 1. The third-order valence-corrected chi connectivity index (χ3v) is 4.88. The molecule has 1 aromatic rings. The highest BCUT2D eigenvalue weighted by atomic mass is 14.7. The summed E-state index contributed by atoms with van der Waals surface area (Å²) in [6.45, 7) is 9.23. The van der Waals surface area contributed by atoms with Gasteiger partial charge in [0.25, 0.3) is 0 Å². The molecule has 1 heteroatoms. The molecule has 0 aromatic heterocycles. The minimum Gasteiger partial charge on any atom is -0.324 e. The quantitative estimate of drug-likeness (QED) is 0.809. The van der Waals surface area contributed by atoms with E-state index >= 15 is 0 Å². The fourth-order valence-corrected chi connectivity index (χ4v) is 3.16. The second-order valence-corrected chi connectivity index (χ2v) is 7.35. The van der Waals surface area contributed by atoms with Crippen LogP contribution in [0, 0.1) is 11.3 Å². The Labute approximate surface area is 118 Å². The third kappa shape index (κ3) is 3.60. The van der Waals surface area contributed by atoms with Gasteiger partial charge in [-0.3, -0.25) is 0 Å². The van der Waals surface area contributed by atoms with Crippen LogP contribution in [-0.2, 0) is 0 Å². The van der Waals surface area contributed by atoms with Crippen LogP contribution in [0.2, 0.25) is 0 Å². The zero-order valence-corrected chi connectivity index (χ0v) is 12.9. The smallest absolute Gasteiger partial charge is 0.0323 e. The Hall–Kier alpha value is -0.820. The van der Waals surface area contributed by atoms with E-state index in [1.54, 1.807) is 0 Å². The first kappa shape index (κ1) is 14.6. The summed E-state index contributed by atoms with van der Waals surface area (Å²) < 4.78 is 0. The molecule has 1 atom stereocenters. The molecule has 1 unspecified atom stereocenters. The standard InChI is InChI=1S/C18H29N/c1-13(2)14-5-7-15(8-6-14)17(19)16-9-11-18(3,4)12-10-16/h5-8,13,16-17H,9-12,19H2,1-4H3. The van der Waals surface area contributed by atoms with Gasteiger partial charge in [0, 0.05) is 6.04 Å². The number of benzene rings is 1. The normalized spacial score (nSPS) is 21.6. The molecule has 2 N–H and O–H groups in total. The van der Waals surface area contributed by atoms with E-state index in [4.69, 9.17) is 5.73 Å². The molecule has 1 aromatic carbocycles. The molecule has 0 spiro atoms. The van der Waals surface area contributed by atoms with Crippen molar-refractivity contribution in [3.05, 3.63) is 35.4 Å². The lowest BCUT2D eigenvalue weighted by molar-refractivity contribution is 0.173. The molecule has 0 aliphatic heterocycles. The zero-order chi connectivity index (χ0) is 14.0. The second-order valence-electron chi connectivity index (χ2n) is 7.35. The minimum absolute atomic E-state index is 0.220. The maximum absolute atomic E-state index is 6.48. The molecule has 1 fully saturated rings. The van der Waals surface area contributed by atoms with E-state index in [1.807, 2.05) is 0 Å². The van der Waals surface area contributed by atoms with Crippen molar-refractivity contribution in [3.8, 4) is 0 Å². The van der Waals surface area contributed by atoms with Crippen LogP contribution in [0.5, 0.6) is 0 Å². The van der Waals surface area contributed by atoms with Gasteiger partial charge in [0.1, 0.15) is 0 Å². The Balaban J connectivity index is 2.02. The van der Waals surface area contributed by atoms with E-state index in [-0.39, 0.29) is 6.04 Å². The average molecular weight is 259 g/mol. The summed E-state index contributed by atoms with van der Waals surface area (Å²) in [4.78, 5) is 0. The Morgan fingerprint density at radius 2 is 1.47 bits per heavy atom. The Kier molecular flexibility index (Phi) is 4.35. The molecule has 1 aliphatic carbocycles. The van der Waals surface area contributed by atoms with Crippen molar-refractivity contribution in [1.29, 1.82) is 0 Å². The van der Waals surface area contributed by atoms with Crippen molar-refractivity contribution >= 4 is 0 Å². The van der Waals surface area contributed by atoms with Gasteiger partial charge in [-0.25, -0.2) is 0 Å². The summed E-state index contributed by atoms with van der Waals surface area (Å²) in [6.07, 6.45) is 5.19. The molecule has 0 radical (unpaired) electrons. The zero-order valence-electron chi connectivity index (χ0n) is 12.9. The highest BCUT2D eigenvalue weighted by molar-refractivity contribution is 5.27. The van der Waals surface area contributed by atoms with E-state index in [2.05, 4.69) is 52.0 Å². The van der Waals surface area contributed by atoms with Gasteiger partial charge >= 0.3 is 0 Å². The van der Waals surface area contributed by atoms with Crippen molar-refractivity contribution in [2.75, 3.05) is 0 Å². The van der Waals surface area contributed by atoms with Gasteiger partial charge in [0.2, 0.25) is 0 Å². The maximum atomic E-state index is 6.48. The van der Waals surface area contributed by atoms with Gasteiger partial charge in [0.05, 0.1) is 0 Å². The van der Waals surface area contributed by atoms with Crippen LogP contribution in [0.15, 0.2) is 24.3 Å². The largest absolute Gasteiger partial charge is 0.324 e. The van der Waals surface area contributed by atoms with Crippen LogP contribution in [0.3, 0.4) is 0 Å². The van der Waals surface area contributed by atoms with Gasteiger partial charge in [-0.1, -0.05) is 52.0 Å². The molecule has 0 bridgehead atoms. The first-order valence-electron chi connectivity index (χ1n) is 7.74. The van der Waals surface area contributed by atoms with Gasteiger partial charge < -0.3 is 5.73 Å². The summed E-state index contributed by atoms with van der Waals surface area (Å²) >= 11 is 0. The third-order valence-electron chi connectivity index (χ3n) is 4.88. The van der Waals surface area contributed by atoms with E-state index in [1.165, 1.54) is 36.8 Å². The van der Waals surface area contributed by atoms with Crippen LogP contribution >= 0.6 is 0 Å². The van der Waals surface area contributed by atoms with Crippen molar-refractivity contribution in [2.45, 2.75) is 65.3 Å². The van der Waals surface area contributed by atoms with Crippen LogP contribution in [-0.4, -0.2) is 0 Å². The van der Waals surface area contributed by atoms with E-state index in [0.29, 0.717) is 17.3 Å². The van der Waals surface area contributed by atoms with Gasteiger partial charge in [-0.2, -0.15) is 0 Å². The molecule has 1 saturated carbocycles. The van der Waals surface area contributed by atoms with Crippen molar-refractivity contribution in [2.24, 2.45) is 17.1 Å². The molecule has 1 aliphatic rings. The molecule has 106 valence electrons. The molecular weight excluding hydrogens is 230 g/mol. The molecule has 0 saturated heterocycles. The summed E-state index contributed by atoms with van der Waals surface area (Å²) in [5, 5.41) is 0. The van der Waals surface area contributed by atoms with Crippen LogP contribution in [0.4, 0.5) is 0 Å². The number of hydrogen-bond acceptors (Lipinski definition) is 1. The lowest BCUT2D eigenvalue weighted by Crippen LogP contribution is -2.29. The summed E-state index contributed by atoms with van der Waals surface area (Å²) in [7, 11) is 0. The fourth-order valence-electron chi connectivity index (χ4n) is 3.16. The first-order chi connectivity index (χ1) is 8.89. The maximum Gasteiger partial charge on any atom is 0.0323 e. The Morgan fingerprint density at radius 3 is 1.95 bits per heavy atom. The van der Waals surface area contributed by atoms with Gasteiger partial charge in [0.15, 0.2) is 0 Å². The average Bonchev–Trinajstić information content (AvgIpc) is 2.38. The van der Waals surface area contributed by atoms with Gasteiger partial charge in [-0.05, 0) is 54.1 Å². The summed E-state index contributed by atoms with van der Waals surface area (Å²) in [5.74, 6) is 1.26. The lowest BCUT2D eigenvalue weighted by atomic mass is 9.70. The van der Waals surface area contributed by atoms with Crippen LogP contribution in [0.25, 0.3) is 0 Å². The topological polar surface area (TPSA) is 26.0 Å². The molecule has 1 nitrogen and oxygen atoms in total. The SMILES string of the molecule is CC(C)c1ccc(C(N)C2CCC(C)(C)CC2)cc1. The van der Waals surface area contributed by atoms with Crippen LogP contribution < -0.4 is 5.73 Å². The molecule has 2 rings (SSSR count). The lowest BCUT2D eigenvalue weighted by Gasteiger charge is -2.37.